The van der Waals surface area contributed by atoms with Crippen molar-refractivity contribution in [2.75, 3.05) is 0 Å². The van der Waals surface area contributed by atoms with Gasteiger partial charge in [0.25, 0.3) is 0 Å². The molecule has 1 rings (SSSR count). The molecule has 0 aromatic carbocycles. The van der Waals surface area contributed by atoms with Gasteiger partial charge in [-0.3, -0.25) is 0 Å². The molecule has 0 N–H and O–H groups in total. The molecule has 0 atom stereocenters. The van der Waals surface area contributed by atoms with Gasteiger partial charge in [-0.15, -0.1) is 0 Å². The molecular weight excluding hydrogens is 347 g/mol. The van der Waals surface area contributed by atoms with Crippen molar-refractivity contribution >= 4 is 0 Å². The van der Waals surface area contributed by atoms with Crippen LogP contribution in [0.5, 0.6) is 0 Å². The Labute approximate surface area is 103 Å². The van der Waals surface area contributed by atoms with Crippen molar-refractivity contribution in [2.24, 2.45) is 5.41 Å². The second-order valence-electron chi connectivity index (χ2n) is 5.48. The first kappa shape index (κ1) is 13.4. The van der Waals surface area contributed by atoms with E-state index in [-0.39, 0.29) is 0 Å². The maximum absolute atomic E-state index is 2.54. The maximum atomic E-state index is 2.54. The first-order valence-corrected chi connectivity index (χ1v) is 15.0. The van der Waals surface area contributed by atoms with Gasteiger partial charge < -0.3 is 0 Å². The molecule has 0 unspecified atom stereocenters. The van der Waals surface area contributed by atoms with Crippen LogP contribution in [0, 0.1) is 5.41 Å². The Morgan fingerprint density at radius 3 is 2.07 bits per heavy atom. The van der Waals surface area contributed by atoms with Gasteiger partial charge in [0.15, 0.2) is 0 Å². The normalized spacial score (nSPS) is 20.2. The Morgan fingerprint density at radius 2 is 1.67 bits per heavy atom. The van der Waals surface area contributed by atoms with Crippen molar-refractivity contribution in [2.45, 2.75) is 56.8 Å². The molecule has 0 fully saturated rings. The van der Waals surface area contributed by atoms with Crippen molar-refractivity contribution in [1.82, 2.24) is 0 Å². The second-order valence-corrected chi connectivity index (χ2v) is 14.5. The molecule has 0 radical (unpaired) electrons. The topological polar surface area (TPSA) is 0 Å². The molecule has 0 heterocycles. The van der Waals surface area contributed by atoms with Crippen LogP contribution in [0.4, 0.5) is 0 Å². The van der Waals surface area contributed by atoms with Crippen molar-refractivity contribution in [3.63, 3.8) is 0 Å². The Bertz CT molecular complexity index is 316. The molecule has 0 aromatic rings. The van der Waals surface area contributed by atoms with Crippen LogP contribution in [0.3, 0.4) is 0 Å². The summed E-state index contributed by atoms with van der Waals surface area (Å²) >= 11 is -1.40. The molecular formula is C14H25Hf. The molecule has 1 aliphatic rings. The minimum atomic E-state index is -1.40. The summed E-state index contributed by atoms with van der Waals surface area (Å²) in [7, 11) is 0. The Kier molecular flexibility index (Phi) is 4.20. The van der Waals surface area contributed by atoms with Crippen LogP contribution in [0.1, 0.15) is 47.5 Å². The van der Waals surface area contributed by atoms with Gasteiger partial charge in [0, 0.05) is 0 Å². The van der Waals surface area contributed by atoms with Gasteiger partial charge in [0.1, 0.15) is 0 Å². The van der Waals surface area contributed by atoms with E-state index in [1.54, 1.807) is 16.7 Å². The summed E-state index contributed by atoms with van der Waals surface area (Å²) in [5.41, 5.74) is 5.38. The average Bonchev–Trinajstić information content (AvgIpc) is 2.28. The molecule has 1 aliphatic carbocycles. The molecule has 0 spiro atoms. The van der Waals surface area contributed by atoms with Gasteiger partial charge >= 0.3 is 104 Å². The fourth-order valence-electron chi connectivity index (χ4n) is 2.94. The fraction of sp³-hybridized carbons (Fsp3) is 0.714. The van der Waals surface area contributed by atoms with Gasteiger partial charge in [-0.2, -0.15) is 0 Å². The van der Waals surface area contributed by atoms with E-state index >= 15 is 0 Å². The van der Waals surface area contributed by atoms with E-state index < -0.39 is 21.4 Å². The summed E-state index contributed by atoms with van der Waals surface area (Å²) in [6, 6.07) is 0. The zero-order valence-electron chi connectivity index (χ0n) is 11.4. The van der Waals surface area contributed by atoms with Crippen LogP contribution < -0.4 is 0 Å². The third kappa shape index (κ3) is 2.23. The van der Waals surface area contributed by atoms with E-state index in [1.807, 2.05) is 3.33 Å². The zero-order chi connectivity index (χ0) is 11.8. The first-order valence-electron chi connectivity index (χ1n) is 6.06. The summed E-state index contributed by atoms with van der Waals surface area (Å²) in [4.78, 5) is 0. The van der Waals surface area contributed by atoms with Gasteiger partial charge in [-0.1, -0.05) is 0 Å². The summed E-state index contributed by atoms with van der Waals surface area (Å²) in [6.45, 7) is 11.8. The predicted molar refractivity (Wildman–Crippen MR) is 65.8 cm³/mol. The second kappa shape index (κ2) is 4.69. The Morgan fingerprint density at radius 1 is 1.13 bits per heavy atom. The first-order chi connectivity index (χ1) is 6.84. The van der Waals surface area contributed by atoms with Crippen molar-refractivity contribution in [1.29, 1.82) is 0 Å². The summed E-state index contributed by atoms with van der Waals surface area (Å²) in [5.74, 6) is 0. The van der Waals surface area contributed by atoms with E-state index in [0.29, 0.717) is 5.41 Å². The fourth-order valence-corrected chi connectivity index (χ4v) is 11.4. The molecule has 0 aliphatic heterocycles. The van der Waals surface area contributed by atoms with E-state index in [9.17, 15) is 0 Å². The summed E-state index contributed by atoms with van der Waals surface area (Å²) < 4.78 is 6.98. The van der Waals surface area contributed by atoms with Crippen molar-refractivity contribution in [3.8, 4) is 0 Å². The quantitative estimate of drug-likeness (QED) is 0.603. The monoisotopic (exact) mass is 373 g/mol. The number of hydrogen-bond donors (Lipinski definition) is 0. The molecule has 0 amide bonds. The Hall–Kier alpha value is 0.350. The van der Waals surface area contributed by atoms with Crippen LogP contribution in [-0.2, 0) is 21.4 Å². The Balaban J connectivity index is 3.27. The van der Waals surface area contributed by atoms with Crippen LogP contribution in [0.2, 0.25) is 9.36 Å². The molecule has 0 bridgehead atoms. The number of allylic oxidation sites excluding steroid dienone is 4. The molecule has 0 saturated carbocycles. The van der Waals surface area contributed by atoms with Crippen LogP contribution in [-0.4, -0.2) is 0 Å². The van der Waals surface area contributed by atoms with Gasteiger partial charge in [0.05, 0.1) is 0 Å². The predicted octanol–water partition coefficient (Wildman–Crippen LogP) is 5.13. The molecule has 0 aromatic heterocycles. The van der Waals surface area contributed by atoms with Crippen LogP contribution >= 0.6 is 0 Å². The van der Waals surface area contributed by atoms with Crippen molar-refractivity contribution in [3.05, 3.63) is 20.0 Å². The third-order valence-electron chi connectivity index (χ3n) is 3.88. The standard InChI is InChI=1S/C12H19.2CH3.Hf/c1-6-7-11-8-12(4,5)10(3)9(11)2;;;/h6-7H2,1-5H3;2*1H3;. The van der Waals surface area contributed by atoms with E-state index in [0.717, 1.165) is 0 Å². The van der Waals surface area contributed by atoms with Crippen LogP contribution in [0.15, 0.2) is 20.0 Å². The van der Waals surface area contributed by atoms with Gasteiger partial charge in [-0.05, 0) is 0 Å². The van der Waals surface area contributed by atoms with Crippen molar-refractivity contribution < 1.29 is 21.4 Å². The van der Waals surface area contributed by atoms with E-state index in [1.165, 1.54) is 12.8 Å². The molecule has 15 heavy (non-hydrogen) atoms. The van der Waals surface area contributed by atoms with Gasteiger partial charge in [0.2, 0.25) is 0 Å². The summed E-state index contributed by atoms with van der Waals surface area (Å²) in [6.07, 6.45) is 2.59. The molecule has 0 saturated heterocycles. The molecule has 0 nitrogen and oxygen atoms in total. The summed E-state index contributed by atoms with van der Waals surface area (Å²) in [5, 5.41) is 0. The minimum absolute atomic E-state index is 0.389. The third-order valence-corrected chi connectivity index (χ3v) is 10.8. The van der Waals surface area contributed by atoms with Gasteiger partial charge in [-0.25, -0.2) is 0 Å². The SMILES string of the molecule is CCCC1=[C]([Hf]([CH3])[CH3])C(C)(C)C(C)=C1C. The van der Waals surface area contributed by atoms with E-state index in [2.05, 4.69) is 44.0 Å². The average molecular weight is 372 g/mol. The zero-order valence-corrected chi connectivity index (χ0v) is 15.0. The van der Waals surface area contributed by atoms with E-state index in [4.69, 9.17) is 0 Å². The van der Waals surface area contributed by atoms with Crippen LogP contribution in [0.25, 0.3) is 0 Å². The number of rotatable bonds is 3. The molecule has 1 heteroatoms. The molecule has 85 valence electrons. The number of hydrogen-bond acceptors (Lipinski definition) is 0.